The van der Waals surface area contributed by atoms with Crippen LogP contribution in [0.25, 0.3) is 0 Å². The van der Waals surface area contributed by atoms with E-state index in [4.69, 9.17) is 4.74 Å². The number of benzene rings is 1. The first-order chi connectivity index (χ1) is 15.4. The van der Waals surface area contributed by atoms with Crippen molar-refractivity contribution < 1.29 is 28.7 Å². The third kappa shape index (κ3) is 7.20. The molecule has 0 bridgehead atoms. The molecule has 33 heavy (non-hydrogen) atoms. The molecule has 0 saturated carbocycles. The van der Waals surface area contributed by atoms with Crippen LogP contribution in [0.15, 0.2) is 30.3 Å². The minimum atomic E-state index is -0.853. The minimum Gasteiger partial charge on any atom is -0.468 e. The molecule has 2 rings (SSSR count). The van der Waals surface area contributed by atoms with Crippen molar-refractivity contribution in [2.45, 2.75) is 65.1 Å². The van der Waals surface area contributed by atoms with Crippen molar-refractivity contribution >= 4 is 23.9 Å². The number of nitrogens with zero attached hydrogens (tertiary/aromatic N) is 1. The lowest BCUT2D eigenvalue weighted by atomic mass is 9.72. The van der Waals surface area contributed by atoms with Crippen LogP contribution in [-0.2, 0) is 23.9 Å². The van der Waals surface area contributed by atoms with Gasteiger partial charge in [0.25, 0.3) is 0 Å². The predicted molar refractivity (Wildman–Crippen MR) is 122 cm³/mol. The van der Waals surface area contributed by atoms with Gasteiger partial charge in [-0.2, -0.15) is 0 Å². The van der Waals surface area contributed by atoms with Gasteiger partial charge in [-0.3, -0.25) is 14.4 Å². The SMILES string of the molecule is COC(=O)CNC(=O)[C@H]1N(C(=O)CNC(=O)OC(C)(C)C)[C@H](c2ccccc2)CCC1(C)C. The van der Waals surface area contributed by atoms with Crippen molar-refractivity contribution in [3.8, 4) is 0 Å². The zero-order valence-corrected chi connectivity index (χ0v) is 20.3. The molecule has 3 amide bonds. The average Bonchev–Trinajstić information content (AvgIpc) is 2.74. The number of amides is 3. The Labute approximate surface area is 195 Å². The first-order valence-electron chi connectivity index (χ1n) is 11.0. The minimum absolute atomic E-state index is 0.296. The molecule has 9 heteroatoms. The first kappa shape index (κ1) is 26.2. The van der Waals surface area contributed by atoms with E-state index < -0.39 is 40.9 Å². The third-order valence-corrected chi connectivity index (χ3v) is 5.55. The van der Waals surface area contributed by atoms with E-state index in [2.05, 4.69) is 15.4 Å². The highest BCUT2D eigenvalue weighted by Crippen LogP contribution is 2.44. The first-order valence-corrected chi connectivity index (χ1v) is 11.0. The Morgan fingerprint density at radius 2 is 1.70 bits per heavy atom. The van der Waals surface area contributed by atoms with Gasteiger partial charge in [-0.25, -0.2) is 4.79 Å². The molecule has 182 valence electrons. The standard InChI is InChI=1S/C24H35N3O6/c1-23(2,3)33-22(31)26-14-18(28)27-17(16-10-8-7-9-11-16)12-13-24(4,5)20(27)21(30)25-15-19(29)32-6/h7-11,17,20H,12-15H2,1-6H3,(H,25,30)(H,26,31)/t17-,20+/m0/s1. The number of rotatable bonds is 6. The van der Waals surface area contributed by atoms with Gasteiger partial charge in [0.05, 0.1) is 13.2 Å². The van der Waals surface area contributed by atoms with Gasteiger partial charge >= 0.3 is 12.1 Å². The van der Waals surface area contributed by atoms with Crippen molar-refractivity contribution in [2.24, 2.45) is 5.41 Å². The molecule has 2 atom stereocenters. The zero-order valence-electron chi connectivity index (χ0n) is 20.3. The summed E-state index contributed by atoms with van der Waals surface area (Å²) in [6, 6.07) is 8.25. The van der Waals surface area contributed by atoms with Crippen LogP contribution < -0.4 is 10.6 Å². The number of likely N-dealkylation sites (tertiary alicyclic amines) is 1. The van der Waals surface area contributed by atoms with E-state index in [0.29, 0.717) is 12.8 Å². The molecular formula is C24H35N3O6. The van der Waals surface area contributed by atoms with Gasteiger partial charge in [0, 0.05) is 0 Å². The summed E-state index contributed by atoms with van der Waals surface area (Å²) >= 11 is 0. The van der Waals surface area contributed by atoms with Gasteiger partial charge in [-0.1, -0.05) is 44.2 Å². The second-order valence-corrected chi connectivity index (χ2v) is 9.81. The zero-order chi connectivity index (χ0) is 24.8. The Morgan fingerprint density at radius 1 is 1.06 bits per heavy atom. The van der Waals surface area contributed by atoms with Crippen LogP contribution in [0.3, 0.4) is 0 Å². The Bertz CT molecular complexity index is 863. The molecule has 0 radical (unpaired) electrons. The van der Waals surface area contributed by atoms with E-state index in [1.54, 1.807) is 20.8 Å². The largest absolute Gasteiger partial charge is 0.468 e. The molecule has 0 spiro atoms. The maximum absolute atomic E-state index is 13.4. The fourth-order valence-corrected chi connectivity index (χ4v) is 4.02. The van der Waals surface area contributed by atoms with E-state index in [0.717, 1.165) is 5.56 Å². The molecule has 2 N–H and O–H groups in total. The van der Waals surface area contributed by atoms with Gasteiger partial charge in [-0.05, 0) is 44.6 Å². The molecule has 0 unspecified atom stereocenters. The Balaban J connectivity index is 2.33. The number of methoxy groups -OCH3 is 1. The van der Waals surface area contributed by atoms with Crippen LogP contribution in [0.1, 0.15) is 59.1 Å². The van der Waals surface area contributed by atoms with Crippen molar-refractivity contribution in [1.82, 2.24) is 15.5 Å². The Kier molecular flexibility index (Phi) is 8.46. The number of hydrogen-bond acceptors (Lipinski definition) is 6. The number of carbonyl (C=O) groups excluding carboxylic acids is 4. The summed E-state index contributed by atoms with van der Waals surface area (Å²) in [7, 11) is 1.24. The summed E-state index contributed by atoms with van der Waals surface area (Å²) in [5.41, 5.74) is -0.375. The summed E-state index contributed by atoms with van der Waals surface area (Å²) in [6.07, 6.45) is 0.623. The quantitative estimate of drug-likeness (QED) is 0.630. The molecule has 1 saturated heterocycles. The average molecular weight is 462 g/mol. The number of ether oxygens (including phenoxy) is 2. The van der Waals surface area contributed by atoms with E-state index in [-0.39, 0.29) is 19.1 Å². The second kappa shape index (κ2) is 10.7. The van der Waals surface area contributed by atoms with Crippen molar-refractivity contribution in [2.75, 3.05) is 20.2 Å². The second-order valence-electron chi connectivity index (χ2n) is 9.81. The van der Waals surface area contributed by atoms with E-state index in [9.17, 15) is 19.2 Å². The highest BCUT2D eigenvalue weighted by Gasteiger charge is 2.48. The van der Waals surface area contributed by atoms with Crippen LogP contribution in [0.2, 0.25) is 0 Å². The van der Waals surface area contributed by atoms with Gasteiger partial charge in [0.2, 0.25) is 11.8 Å². The fourth-order valence-electron chi connectivity index (χ4n) is 4.02. The third-order valence-electron chi connectivity index (χ3n) is 5.55. The summed E-state index contributed by atoms with van der Waals surface area (Å²) in [5, 5.41) is 5.09. The van der Waals surface area contributed by atoms with Crippen LogP contribution in [0, 0.1) is 5.41 Å². The van der Waals surface area contributed by atoms with Crippen LogP contribution >= 0.6 is 0 Å². The van der Waals surface area contributed by atoms with Crippen molar-refractivity contribution in [3.05, 3.63) is 35.9 Å². The number of nitrogens with one attached hydrogen (secondary N) is 2. The maximum Gasteiger partial charge on any atom is 0.408 e. The Morgan fingerprint density at radius 3 is 2.27 bits per heavy atom. The topological polar surface area (TPSA) is 114 Å². The van der Waals surface area contributed by atoms with Crippen LogP contribution in [-0.4, -0.2) is 60.6 Å². The summed E-state index contributed by atoms with van der Waals surface area (Å²) in [6.45, 7) is 8.40. The molecule has 1 aromatic carbocycles. The molecule has 1 aliphatic heterocycles. The maximum atomic E-state index is 13.4. The Hall–Kier alpha value is -3.10. The number of carbonyl (C=O) groups is 4. The highest BCUT2D eigenvalue weighted by atomic mass is 16.6. The molecule has 1 aliphatic rings. The number of hydrogen-bond donors (Lipinski definition) is 2. The normalized spacial score (nSPS) is 19.9. The van der Waals surface area contributed by atoms with Crippen molar-refractivity contribution in [1.29, 1.82) is 0 Å². The van der Waals surface area contributed by atoms with Gasteiger partial charge in [0.1, 0.15) is 24.7 Å². The highest BCUT2D eigenvalue weighted by molar-refractivity contribution is 5.92. The molecule has 0 aromatic heterocycles. The van der Waals surface area contributed by atoms with E-state index in [1.807, 2.05) is 44.2 Å². The predicted octanol–water partition coefficient (Wildman–Crippen LogP) is 2.56. The molecular weight excluding hydrogens is 426 g/mol. The van der Waals surface area contributed by atoms with Crippen LogP contribution in [0.4, 0.5) is 4.79 Å². The summed E-state index contributed by atoms with van der Waals surface area (Å²) in [5.74, 6) is -1.45. The lowest BCUT2D eigenvalue weighted by molar-refractivity contribution is -0.153. The molecule has 1 heterocycles. The summed E-state index contributed by atoms with van der Waals surface area (Å²) in [4.78, 5) is 51.9. The number of alkyl carbamates (subject to hydrolysis) is 1. The van der Waals surface area contributed by atoms with Gasteiger partial charge in [0.15, 0.2) is 0 Å². The lowest BCUT2D eigenvalue weighted by Gasteiger charge is -2.50. The van der Waals surface area contributed by atoms with Gasteiger partial charge < -0.3 is 25.0 Å². The monoisotopic (exact) mass is 461 g/mol. The molecule has 1 aromatic rings. The van der Waals surface area contributed by atoms with E-state index >= 15 is 0 Å². The summed E-state index contributed by atoms with van der Waals surface area (Å²) < 4.78 is 9.84. The smallest absolute Gasteiger partial charge is 0.408 e. The number of esters is 1. The number of piperidine rings is 1. The molecule has 1 fully saturated rings. The molecule has 9 nitrogen and oxygen atoms in total. The van der Waals surface area contributed by atoms with Gasteiger partial charge in [-0.15, -0.1) is 0 Å². The lowest BCUT2D eigenvalue weighted by Crippen LogP contribution is -2.61. The molecule has 0 aliphatic carbocycles. The van der Waals surface area contributed by atoms with Crippen LogP contribution in [0.5, 0.6) is 0 Å². The van der Waals surface area contributed by atoms with E-state index in [1.165, 1.54) is 12.0 Å². The van der Waals surface area contributed by atoms with Crippen molar-refractivity contribution in [3.63, 3.8) is 0 Å². The fraction of sp³-hybridized carbons (Fsp3) is 0.583.